The van der Waals surface area contributed by atoms with Crippen molar-refractivity contribution < 1.29 is 14.6 Å². The van der Waals surface area contributed by atoms with Gasteiger partial charge in [0.05, 0.1) is 5.60 Å². The zero-order valence-corrected chi connectivity index (χ0v) is 14.2. The standard InChI is InChI=1S/C19H28N2O3/c22-18(20-16-7-4-13-24-14-10-16)21-17-8-11-19(23,12-9-17)15-5-2-1-3-6-15/h1-3,5-6,16-17,23H,4,7-14H2,(H2,20,21,22). The molecular weight excluding hydrogens is 304 g/mol. The second-order valence-electron chi connectivity index (χ2n) is 7.03. The van der Waals surface area contributed by atoms with E-state index < -0.39 is 5.60 Å². The Morgan fingerprint density at radius 2 is 1.67 bits per heavy atom. The van der Waals surface area contributed by atoms with Crippen molar-refractivity contribution in [1.82, 2.24) is 10.6 Å². The van der Waals surface area contributed by atoms with Crippen LogP contribution in [0.2, 0.25) is 0 Å². The van der Waals surface area contributed by atoms with Gasteiger partial charge in [-0.15, -0.1) is 0 Å². The molecule has 5 nitrogen and oxygen atoms in total. The quantitative estimate of drug-likeness (QED) is 0.797. The van der Waals surface area contributed by atoms with Crippen LogP contribution in [-0.2, 0) is 10.3 Å². The van der Waals surface area contributed by atoms with Gasteiger partial charge < -0.3 is 20.5 Å². The zero-order chi connectivity index (χ0) is 16.8. The Kier molecular flexibility index (Phi) is 5.74. The Labute approximate surface area is 143 Å². The smallest absolute Gasteiger partial charge is 0.315 e. The molecule has 1 aliphatic carbocycles. The highest BCUT2D eigenvalue weighted by Gasteiger charge is 2.35. The molecule has 1 aromatic carbocycles. The van der Waals surface area contributed by atoms with E-state index in [4.69, 9.17) is 4.74 Å². The van der Waals surface area contributed by atoms with Crippen molar-refractivity contribution in [1.29, 1.82) is 0 Å². The van der Waals surface area contributed by atoms with Gasteiger partial charge in [0.1, 0.15) is 0 Å². The fourth-order valence-corrected chi connectivity index (χ4v) is 3.74. The average Bonchev–Trinajstić information content (AvgIpc) is 2.86. The third-order valence-corrected chi connectivity index (χ3v) is 5.25. The molecule has 1 atom stereocenters. The van der Waals surface area contributed by atoms with E-state index in [1.807, 2.05) is 30.3 Å². The van der Waals surface area contributed by atoms with Gasteiger partial charge in [-0.1, -0.05) is 30.3 Å². The third kappa shape index (κ3) is 4.48. The minimum absolute atomic E-state index is 0.0861. The zero-order valence-electron chi connectivity index (χ0n) is 14.2. The van der Waals surface area contributed by atoms with Crippen molar-refractivity contribution in [2.75, 3.05) is 13.2 Å². The summed E-state index contributed by atoms with van der Waals surface area (Å²) in [5.74, 6) is 0. The van der Waals surface area contributed by atoms with E-state index in [9.17, 15) is 9.90 Å². The predicted octanol–water partition coefficient (Wildman–Crippen LogP) is 2.69. The first kappa shape index (κ1) is 17.2. The van der Waals surface area contributed by atoms with Crippen LogP contribution in [0.3, 0.4) is 0 Å². The Morgan fingerprint density at radius 3 is 2.38 bits per heavy atom. The molecule has 0 spiro atoms. The summed E-state index contributed by atoms with van der Waals surface area (Å²) in [6.45, 7) is 1.51. The van der Waals surface area contributed by atoms with E-state index in [1.165, 1.54) is 0 Å². The van der Waals surface area contributed by atoms with Gasteiger partial charge in [0.25, 0.3) is 0 Å². The third-order valence-electron chi connectivity index (χ3n) is 5.25. The number of carbonyl (C=O) groups excluding carboxylic acids is 1. The maximum Gasteiger partial charge on any atom is 0.315 e. The molecule has 1 unspecified atom stereocenters. The number of ether oxygens (including phenoxy) is 1. The number of amides is 2. The Bertz CT molecular complexity index is 519. The summed E-state index contributed by atoms with van der Waals surface area (Å²) < 4.78 is 5.42. The van der Waals surface area contributed by atoms with Crippen molar-refractivity contribution in [3.05, 3.63) is 35.9 Å². The van der Waals surface area contributed by atoms with E-state index >= 15 is 0 Å². The van der Waals surface area contributed by atoms with Crippen molar-refractivity contribution >= 4 is 6.03 Å². The van der Waals surface area contributed by atoms with Crippen LogP contribution >= 0.6 is 0 Å². The normalized spacial score (nSPS) is 31.0. The highest BCUT2D eigenvalue weighted by atomic mass is 16.5. The monoisotopic (exact) mass is 332 g/mol. The van der Waals surface area contributed by atoms with Gasteiger partial charge in [0.15, 0.2) is 0 Å². The summed E-state index contributed by atoms with van der Waals surface area (Å²) in [5.41, 5.74) is 0.223. The Morgan fingerprint density at radius 1 is 1.00 bits per heavy atom. The SMILES string of the molecule is O=C(NC1CCCOCC1)NC1CCC(O)(c2ccccc2)CC1. The van der Waals surface area contributed by atoms with Crippen molar-refractivity contribution in [3.8, 4) is 0 Å². The van der Waals surface area contributed by atoms with Gasteiger partial charge in [-0.05, 0) is 50.5 Å². The van der Waals surface area contributed by atoms with E-state index in [1.54, 1.807) is 0 Å². The number of nitrogens with one attached hydrogen (secondary N) is 2. The molecule has 3 N–H and O–H groups in total. The molecule has 1 heterocycles. The van der Waals surface area contributed by atoms with Gasteiger partial charge in [-0.2, -0.15) is 0 Å². The summed E-state index contributed by atoms with van der Waals surface area (Å²) in [4.78, 5) is 12.2. The fraction of sp³-hybridized carbons (Fsp3) is 0.632. The average molecular weight is 332 g/mol. The van der Waals surface area contributed by atoms with Crippen LogP contribution in [0.4, 0.5) is 4.79 Å². The van der Waals surface area contributed by atoms with Gasteiger partial charge >= 0.3 is 6.03 Å². The first-order valence-corrected chi connectivity index (χ1v) is 9.08. The first-order valence-electron chi connectivity index (χ1n) is 9.08. The van der Waals surface area contributed by atoms with Crippen LogP contribution in [0, 0.1) is 0 Å². The lowest BCUT2D eigenvalue weighted by atomic mass is 9.78. The fourth-order valence-electron chi connectivity index (χ4n) is 3.74. The topological polar surface area (TPSA) is 70.6 Å². The number of rotatable bonds is 3. The van der Waals surface area contributed by atoms with Crippen LogP contribution in [0.15, 0.2) is 30.3 Å². The molecule has 2 aliphatic rings. The summed E-state index contributed by atoms with van der Waals surface area (Å²) in [7, 11) is 0. The maximum absolute atomic E-state index is 12.2. The molecule has 2 amide bonds. The minimum Gasteiger partial charge on any atom is -0.385 e. The highest BCUT2D eigenvalue weighted by molar-refractivity contribution is 5.74. The van der Waals surface area contributed by atoms with E-state index in [0.717, 1.165) is 50.9 Å². The molecule has 1 aromatic rings. The second kappa shape index (κ2) is 7.99. The molecule has 0 radical (unpaired) electrons. The molecule has 5 heteroatoms. The molecule has 0 aromatic heterocycles. The lowest BCUT2D eigenvalue weighted by Gasteiger charge is -2.36. The molecule has 0 bridgehead atoms. The summed E-state index contributed by atoms with van der Waals surface area (Å²) >= 11 is 0. The molecule has 1 aliphatic heterocycles. The van der Waals surface area contributed by atoms with Gasteiger partial charge in [0.2, 0.25) is 0 Å². The van der Waals surface area contributed by atoms with E-state index in [2.05, 4.69) is 10.6 Å². The number of hydrogen-bond donors (Lipinski definition) is 3. The summed E-state index contributed by atoms with van der Waals surface area (Å²) in [6.07, 6.45) is 5.81. The molecule has 1 saturated heterocycles. The molecule has 3 rings (SSSR count). The van der Waals surface area contributed by atoms with Crippen molar-refractivity contribution in [3.63, 3.8) is 0 Å². The lowest BCUT2D eigenvalue weighted by Crippen LogP contribution is -2.48. The predicted molar refractivity (Wildman–Crippen MR) is 92.7 cm³/mol. The van der Waals surface area contributed by atoms with Gasteiger partial charge in [0, 0.05) is 25.3 Å². The number of carbonyl (C=O) groups is 1. The van der Waals surface area contributed by atoms with Gasteiger partial charge in [-0.3, -0.25) is 0 Å². The molecule has 1 saturated carbocycles. The number of aliphatic hydroxyl groups is 1. The van der Waals surface area contributed by atoms with E-state index in [0.29, 0.717) is 12.8 Å². The van der Waals surface area contributed by atoms with Crippen LogP contribution in [0.1, 0.15) is 50.5 Å². The number of urea groups is 1. The second-order valence-corrected chi connectivity index (χ2v) is 7.03. The van der Waals surface area contributed by atoms with Gasteiger partial charge in [-0.25, -0.2) is 4.79 Å². The van der Waals surface area contributed by atoms with Crippen LogP contribution in [-0.4, -0.2) is 36.4 Å². The maximum atomic E-state index is 12.2. The summed E-state index contributed by atoms with van der Waals surface area (Å²) in [5, 5.41) is 17.0. The largest absolute Gasteiger partial charge is 0.385 e. The highest BCUT2D eigenvalue weighted by Crippen LogP contribution is 2.36. The lowest BCUT2D eigenvalue weighted by molar-refractivity contribution is -0.00736. The molecule has 2 fully saturated rings. The van der Waals surface area contributed by atoms with Crippen LogP contribution in [0.5, 0.6) is 0 Å². The van der Waals surface area contributed by atoms with Crippen LogP contribution in [0.25, 0.3) is 0 Å². The molecule has 132 valence electrons. The van der Waals surface area contributed by atoms with E-state index in [-0.39, 0.29) is 18.1 Å². The van der Waals surface area contributed by atoms with Crippen molar-refractivity contribution in [2.45, 2.75) is 62.6 Å². The molecule has 24 heavy (non-hydrogen) atoms. The Balaban J connectivity index is 1.45. The molecular formula is C19H28N2O3. The first-order chi connectivity index (χ1) is 11.7. The Hall–Kier alpha value is -1.59. The summed E-state index contributed by atoms with van der Waals surface area (Å²) in [6, 6.07) is 10.1. The van der Waals surface area contributed by atoms with Crippen molar-refractivity contribution in [2.24, 2.45) is 0 Å². The minimum atomic E-state index is -0.755. The van der Waals surface area contributed by atoms with Crippen LogP contribution < -0.4 is 10.6 Å². The number of hydrogen-bond acceptors (Lipinski definition) is 3. The number of benzene rings is 1.